The van der Waals surface area contributed by atoms with Crippen LogP contribution in [0.15, 0.2) is 4.99 Å². The third kappa shape index (κ3) is 5.25. The van der Waals surface area contributed by atoms with Gasteiger partial charge in [-0.25, -0.2) is 8.42 Å². The molecule has 1 fully saturated rings. The van der Waals surface area contributed by atoms with E-state index in [4.69, 9.17) is 0 Å². The summed E-state index contributed by atoms with van der Waals surface area (Å²) in [6.45, 7) is 9.59. The Bertz CT molecular complexity index is 402. The molecule has 0 aromatic rings. The van der Waals surface area contributed by atoms with Crippen LogP contribution < -0.4 is 5.32 Å². The average molecular weight is 275 g/mol. The molecule has 0 atom stereocenters. The molecule has 1 heterocycles. The number of nitrogens with one attached hydrogen (secondary N) is 1. The molecule has 0 radical (unpaired) electrons. The van der Waals surface area contributed by atoms with Gasteiger partial charge in [-0.05, 0) is 18.8 Å². The van der Waals surface area contributed by atoms with Crippen LogP contribution in [-0.4, -0.2) is 57.5 Å². The first-order valence-corrected chi connectivity index (χ1v) is 8.50. The van der Waals surface area contributed by atoms with Crippen LogP contribution >= 0.6 is 0 Å². The van der Waals surface area contributed by atoms with Crippen molar-refractivity contribution in [2.45, 2.75) is 27.2 Å². The Morgan fingerprint density at radius 3 is 2.56 bits per heavy atom. The number of rotatable bonds is 4. The SMILES string of the molecule is CCNC(=NCCS(C)(=O)=O)N1CCC(C)(C)C1. The van der Waals surface area contributed by atoms with Crippen molar-refractivity contribution in [1.29, 1.82) is 0 Å². The molecular weight excluding hydrogens is 250 g/mol. The average Bonchev–Trinajstić information content (AvgIpc) is 2.56. The van der Waals surface area contributed by atoms with Crippen molar-refractivity contribution >= 4 is 15.8 Å². The second-order valence-corrected chi connectivity index (χ2v) is 7.96. The second-order valence-electron chi connectivity index (χ2n) is 5.70. The summed E-state index contributed by atoms with van der Waals surface area (Å²) in [5.41, 5.74) is 0.313. The van der Waals surface area contributed by atoms with Gasteiger partial charge in [-0.3, -0.25) is 4.99 Å². The molecule has 106 valence electrons. The van der Waals surface area contributed by atoms with Gasteiger partial charge in [0.05, 0.1) is 12.3 Å². The van der Waals surface area contributed by atoms with Crippen molar-refractivity contribution in [2.75, 3.05) is 38.2 Å². The third-order valence-electron chi connectivity index (χ3n) is 3.04. The van der Waals surface area contributed by atoms with Crippen molar-refractivity contribution in [1.82, 2.24) is 10.2 Å². The minimum absolute atomic E-state index is 0.110. The van der Waals surface area contributed by atoms with Crippen LogP contribution in [0.4, 0.5) is 0 Å². The van der Waals surface area contributed by atoms with Gasteiger partial charge in [0.1, 0.15) is 9.84 Å². The molecule has 0 amide bonds. The normalized spacial score (nSPS) is 20.2. The zero-order valence-corrected chi connectivity index (χ0v) is 12.7. The van der Waals surface area contributed by atoms with Gasteiger partial charge in [0.2, 0.25) is 0 Å². The first-order chi connectivity index (χ1) is 8.23. The summed E-state index contributed by atoms with van der Waals surface area (Å²) in [4.78, 5) is 6.61. The lowest BCUT2D eigenvalue weighted by molar-refractivity contribution is 0.370. The Labute approximate surface area is 111 Å². The zero-order chi connectivity index (χ0) is 13.8. The fourth-order valence-electron chi connectivity index (χ4n) is 2.04. The lowest BCUT2D eigenvalue weighted by Crippen LogP contribution is -2.41. The van der Waals surface area contributed by atoms with E-state index in [0.717, 1.165) is 32.0 Å². The standard InChI is InChI=1S/C12H25N3O2S/c1-5-13-11(14-7-9-18(4,16)17)15-8-6-12(2,3)10-15/h5-10H2,1-4H3,(H,13,14). The van der Waals surface area contributed by atoms with Crippen molar-refractivity contribution < 1.29 is 8.42 Å². The Morgan fingerprint density at radius 1 is 1.44 bits per heavy atom. The van der Waals surface area contributed by atoms with Crippen LogP contribution in [0.3, 0.4) is 0 Å². The van der Waals surface area contributed by atoms with E-state index in [1.54, 1.807) is 0 Å². The maximum Gasteiger partial charge on any atom is 0.193 e. The van der Waals surface area contributed by atoms with Gasteiger partial charge < -0.3 is 10.2 Å². The van der Waals surface area contributed by atoms with E-state index in [-0.39, 0.29) is 5.75 Å². The number of hydrogen-bond donors (Lipinski definition) is 1. The van der Waals surface area contributed by atoms with E-state index in [9.17, 15) is 8.42 Å². The molecule has 1 aliphatic heterocycles. The van der Waals surface area contributed by atoms with Gasteiger partial charge in [-0.15, -0.1) is 0 Å². The summed E-state index contributed by atoms with van der Waals surface area (Å²) in [5, 5.41) is 3.23. The number of likely N-dealkylation sites (tertiary alicyclic amines) is 1. The summed E-state index contributed by atoms with van der Waals surface area (Å²) in [6, 6.07) is 0. The minimum atomic E-state index is -2.93. The number of aliphatic imine (C=N–C) groups is 1. The quantitative estimate of drug-likeness (QED) is 0.607. The molecule has 0 bridgehead atoms. The molecule has 0 aromatic heterocycles. The van der Waals surface area contributed by atoms with E-state index in [0.29, 0.717) is 12.0 Å². The molecular formula is C12H25N3O2S. The summed E-state index contributed by atoms with van der Waals surface area (Å²) in [7, 11) is -2.93. The van der Waals surface area contributed by atoms with E-state index in [1.807, 2.05) is 6.92 Å². The van der Waals surface area contributed by atoms with Gasteiger partial charge in [0, 0.05) is 25.9 Å². The van der Waals surface area contributed by atoms with Crippen molar-refractivity contribution in [3.05, 3.63) is 0 Å². The summed E-state index contributed by atoms with van der Waals surface area (Å²) < 4.78 is 22.2. The number of guanidine groups is 1. The maximum absolute atomic E-state index is 11.1. The van der Waals surface area contributed by atoms with Crippen molar-refractivity contribution in [2.24, 2.45) is 10.4 Å². The van der Waals surface area contributed by atoms with Crippen LogP contribution in [0.1, 0.15) is 27.2 Å². The van der Waals surface area contributed by atoms with Gasteiger partial charge in [0.25, 0.3) is 0 Å². The van der Waals surface area contributed by atoms with Gasteiger partial charge in [-0.1, -0.05) is 13.8 Å². The maximum atomic E-state index is 11.1. The molecule has 1 aliphatic rings. The Balaban J connectivity index is 2.62. The van der Waals surface area contributed by atoms with Gasteiger partial charge in [0.15, 0.2) is 5.96 Å². The first-order valence-electron chi connectivity index (χ1n) is 6.44. The highest BCUT2D eigenvalue weighted by Crippen LogP contribution is 2.28. The highest BCUT2D eigenvalue weighted by atomic mass is 32.2. The lowest BCUT2D eigenvalue weighted by Gasteiger charge is -2.23. The molecule has 0 aliphatic carbocycles. The topological polar surface area (TPSA) is 61.8 Å². The molecule has 18 heavy (non-hydrogen) atoms. The Kier molecular flexibility index (Phi) is 5.01. The third-order valence-corrected chi connectivity index (χ3v) is 3.96. The fraction of sp³-hybridized carbons (Fsp3) is 0.917. The molecule has 0 unspecified atom stereocenters. The number of sulfone groups is 1. The van der Waals surface area contributed by atoms with Gasteiger partial charge >= 0.3 is 0 Å². The first kappa shape index (κ1) is 15.3. The monoisotopic (exact) mass is 275 g/mol. The molecule has 1 rings (SSSR count). The van der Waals surface area contributed by atoms with Crippen molar-refractivity contribution in [3.63, 3.8) is 0 Å². The van der Waals surface area contributed by atoms with E-state index in [1.165, 1.54) is 6.26 Å². The predicted molar refractivity (Wildman–Crippen MR) is 75.7 cm³/mol. The highest BCUT2D eigenvalue weighted by molar-refractivity contribution is 7.90. The predicted octanol–water partition coefficient (Wildman–Crippen LogP) is 0.728. The van der Waals surface area contributed by atoms with E-state index in [2.05, 4.69) is 29.1 Å². The highest BCUT2D eigenvalue weighted by Gasteiger charge is 2.30. The van der Waals surface area contributed by atoms with Crippen LogP contribution in [0, 0.1) is 5.41 Å². The largest absolute Gasteiger partial charge is 0.357 e. The Morgan fingerprint density at radius 2 is 2.11 bits per heavy atom. The fourth-order valence-corrected chi connectivity index (χ4v) is 2.46. The number of nitrogens with zero attached hydrogens (tertiary/aromatic N) is 2. The lowest BCUT2D eigenvalue weighted by atomic mass is 9.93. The molecule has 0 saturated carbocycles. The van der Waals surface area contributed by atoms with E-state index < -0.39 is 9.84 Å². The van der Waals surface area contributed by atoms with Crippen LogP contribution in [-0.2, 0) is 9.84 Å². The summed E-state index contributed by atoms with van der Waals surface area (Å²) in [5.74, 6) is 0.950. The summed E-state index contributed by atoms with van der Waals surface area (Å²) >= 11 is 0. The van der Waals surface area contributed by atoms with Crippen LogP contribution in [0.2, 0.25) is 0 Å². The second kappa shape index (κ2) is 5.91. The van der Waals surface area contributed by atoms with Crippen LogP contribution in [0.25, 0.3) is 0 Å². The molecule has 0 spiro atoms. The smallest absolute Gasteiger partial charge is 0.193 e. The molecule has 5 nitrogen and oxygen atoms in total. The molecule has 1 N–H and O–H groups in total. The zero-order valence-electron chi connectivity index (χ0n) is 11.9. The molecule has 6 heteroatoms. The summed E-state index contributed by atoms with van der Waals surface area (Å²) in [6.07, 6.45) is 2.39. The van der Waals surface area contributed by atoms with Crippen LogP contribution in [0.5, 0.6) is 0 Å². The minimum Gasteiger partial charge on any atom is -0.357 e. The van der Waals surface area contributed by atoms with Gasteiger partial charge in [-0.2, -0.15) is 0 Å². The Hall–Kier alpha value is -0.780. The molecule has 0 aromatic carbocycles. The van der Waals surface area contributed by atoms with E-state index >= 15 is 0 Å². The number of hydrogen-bond acceptors (Lipinski definition) is 3. The molecule has 1 saturated heterocycles. The van der Waals surface area contributed by atoms with Crippen molar-refractivity contribution in [3.8, 4) is 0 Å².